The van der Waals surface area contributed by atoms with Gasteiger partial charge in [0.05, 0.1) is 63.0 Å². The van der Waals surface area contributed by atoms with Gasteiger partial charge in [0.15, 0.2) is 16.8 Å². The fourth-order valence-corrected chi connectivity index (χ4v) is 8.46. The van der Waals surface area contributed by atoms with Crippen LogP contribution in [-0.2, 0) is 0 Å². The summed E-state index contributed by atoms with van der Waals surface area (Å²) in [5, 5.41) is 5.13. The van der Waals surface area contributed by atoms with Crippen LogP contribution in [0.15, 0.2) is 110 Å². The minimum atomic E-state index is 0.101. The van der Waals surface area contributed by atoms with Crippen molar-refractivity contribution in [2.75, 3.05) is 5.32 Å². The molecule has 9 aromatic rings. The second kappa shape index (κ2) is 18.9. The van der Waals surface area contributed by atoms with E-state index in [-0.39, 0.29) is 15.7 Å². The lowest BCUT2D eigenvalue weighted by Gasteiger charge is -2.58. The number of imidazole rings is 3. The van der Waals surface area contributed by atoms with E-state index in [1.54, 1.807) is 29.7 Å². The number of aromatic nitrogens is 12. The van der Waals surface area contributed by atoms with Crippen LogP contribution in [0.1, 0.15) is 25.7 Å². The Morgan fingerprint density at radius 2 is 1.03 bits per heavy atom. The Morgan fingerprint density at radius 3 is 1.54 bits per heavy atom. The van der Waals surface area contributed by atoms with Crippen LogP contribution in [0.2, 0.25) is 30.8 Å². The fourth-order valence-electron chi connectivity index (χ4n) is 7.57. The average molecular weight is 962 g/mol. The molecule has 3 aromatic carbocycles. The van der Waals surface area contributed by atoms with Crippen LogP contribution in [0, 0.1) is 23.7 Å². The normalized spacial score (nSPS) is 20.7. The van der Waals surface area contributed by atoms with Crippen LogP contribution in [0.4, 0.5) is 5.95 Å². The van der Waals surface area contributed by atoms with E-state index in [1.807, 2.05) is 77.4 Å². The molecule has 0 unspecified atom stereocenters. The molecule has 63 heavy (non-hydrogen) atoms. The largest absolute Gasteiger partial charge is 0.351 e. The minimum Gasteiger partial charge on any atom is -0.351 e. The number of nitrogens with one attached hydrogen (secondary N) is 2. The summed E-state index contributed by atoms with van der Waals surface area (Å²) in [6.07, 6.45) is 15.2. The van der Waals surface area contributed by atoms with E-state index in [4.69, 9.17) is 75.3 Å². The van der Waals surface area contributed by atoms with Crippen molar-refractivity contribution in [1.82, 2.24) is 59.0 Å². The summed E-state index contributed by atoms with van der Waals surface area (Å²) < 4.78 is 3.69. The number of para-hydroxylation sites is 6. The maximum atomic E-state index is 6.31. The van der Waals surface area contributed by atoms with Crippen LogP contribution < -0.4 is 11.1 Å². The lowest BCUT2D eigenvalue weighted by atomic mass is 9.52. The molecule has 6 heterocycles. The molecule has 14 nitrogen and oxygen atoms in total. The molecule has 6 aliphatic rings. The number of hydrogen-bond acceptors (Lipinski definition) is 11. The number of benzene rings is 3. The van der Waals surface area contributed by atoms with Crippen molar-refractivity contribution >= 4 is 109 Å². The van der Waals surface area contributed by atoms with Crippen molar-refractivity contribution in [3.05, 3.63) is 141 Å². The molecule has 6 saturated carbocycles. The van der Waals surface area contributed by atoms with Gasteiger partial charge < -0.3 is 16.0 Å². The smallest absolute Gasteiger partial charge is 0.224 e. The third kappa shape index (κ3) is 9.39. The molecule has 0 atom stereocenters. The van der Waals surface area contributed by atoms with Gasteiger partial charge in [-0.1, -0.05) is 82.8 Å². The quantitative estimate of drug-likeness (QED) is 0.113. The summed E-state index contributed by atoms with van der Waals surface area (Å²) in [5.41, 5.74) is 11.4. The third-order valence-corrected chi connectivity index (χ3v) is 13.2. The number of rotatable bonds is 4. The van der Waals surface area contributed by atoms with Crippen molar-refractivity contribution in [3.63, 3.8) is 0 Å². The highest BCUT2D eigenvalue weighted by atomic mass is 35.5. The van der Waals surface area contributed by atoms with Gasteiger partial charge in [0.2, 0.25) is 16.5 Å². The number of fused-ring (bicyclic) bond motifs is 3. The van der Waals surface area contributed by atoms with Crippen LogP contribution in [-0.4, -0.2) is 71.1 Å². The summed E-state index contributed by atoms with van der Waals surface area (Å²) in [5.74, 6) is 5.37. The summed E-state index contributed by atoms with van der Waals surface area (Å²) >= 11 is 34.4. The topological polar surface area (TPSA) is 180 Å². The number of nitrogens with two attached hydrogens (primary N) is 1. The van der Waals surface area contributed by atoms with Crippen LogP contribution in [0.5, 0.6) is 0 Å². The van der Waals surface area contributed by atoms with Crippen molar-refractivity contribution in [2.24, 2.45) is 29.4 Å². The first-order chi connectivity index (χ1) is 30.6. The molecular weight excluding hydrogens is 925 g/mol. The van der Waals surface area contributed by atoms with Gasteiger partial charge in [-0.25, -0.2) is 34.9 Å². The Hall–Kier alpha value is -5.19. The molecule has 320 valence electrons. The molecule has 0 radical (unpaired) electrons. The zero-order valence-electron chi connectivity index (χ0n) is 32.9. The van der Waals surface area contributed by atoms with Crippen LogP contribution in [0.3, 0.4) is 0 Å². The lowest BCUT2D eigenvalue weighted by Crippen LogP contribution is -2.60. The molecule has 4 N–H and O–H groups in total. The SMILES string of the molecule is Clc1cnc(NC2C3CC2C3)nc1-n1cnc2ccccc21.Clc1ncc(Cl)c(-n2cnc3ccccc32)n1.Clc1ncc(Cl)c(Cl)n1.NC1C2CC1C2.c1ccc2[nH]cnc2c1. The van der Waals surface area contributed by atoms with Crippen LogP contribution in [0.25, 0.3) is 44.7 Å². The van der Waals surface area contributed by atoms with E-state index in [0.717, 1.165) is 56.8 Å². The van der Waals surface area contributed by atoms with Crippen molar-refractivity contribution < 1.29 is 0 Å². The van der Waals surface area contributed by atoms with E-state index in [9.17, 15) is 0 Å². The third-order valence-electron chi connectivity index (χ3n) is 11.6. The predicted molar refractivity (Wildman–Crippen MR) is 249 cm³/mol. The highest BCUT2D eigenvalue weighted by Gasteiger charge is 2.52. The predicted octanol–water partition coefficient (Wildman–Crippen LogP) is 10.8. The summed E-state index contributed by atoms with van der Waals surface area (Å²) in [4.78, 5) is 39.7. The molecule has 6 aliphatic carbocycles. The van der Waals surface area contributed by atoms with E-state index in [2.05, 4.69) is 55.2 Å². The molecule has 0 spiro atoms. The number of anilines is 1. The molecule has 0 aliphatic heterocycles. The molecule has 15 rings (SSSR count). The van der Waals surface area contributed by atoms with Gasteiger partial charge in [0.1, 0.15) is 22.7 Å². The fraction of sp³-hybridized carbons (Fsp3) is 0.233. The summed E-state index contributed by atoms with van der Waals surface area (Å²) in [6, 6.07) is 24.8. The Morgan fingerprint density at radius 1 is 0.540 bits per heavy atom. The first kappa shape index (κ1) is 43.1. The van der Waals surface area contributed by atoms with Gasteiger partial charge in [-0.15, -0.1) is 0 Å². The maximum absolute atomic E-state index is 6.31. The minimum absolute atomic E-state index is 0.101. The van der Waals surface area contributed by atoms with Gasteiger partial charge in [-0.2, -0.15) is 9.97 Å². The molecule has 6 aromatic heterocycles. The first-order valence-corrected chi connectivity index (χ1v) is 22.2. The zero-order valence-corrected chi connectivity index (χ0v) is 37.5. The van der Waals surface area contributed by atoms with E-state index >= 15 is 0 Å². The van der Waals surface area contributed by atoms with Gasteiger partial charge in [-0.05, 0) is 109 Å². The van der Waals surface area contributed by atoms with E-state index in [0.29, 0.717) is 44.7 Å². The van der Waals surface area contributed by atoms with E-state index < -0.39 is 0 Å². The number of hydrogen-bond donors (Lipinski definition) is 3. The monoisotopic (exact) mass is 958 g/mol. The van der Waals surface area contributed by atoms with Crippen molar-refractivity contribution in [1.29, 1.82) is 0 Å². The lowest BCUT2D eigenvalue weighted by molar-refractivity contribution is -0.0171. The van der Waals surface area contributed by atoms with E-state index in [1.165, 1.54) is 38.1 Å². The Bertz CT molecular complexity index is 2970. The standard InChI is InChI=1S/C16H14ClN5.C11H6Cl2N4.C7H6N2.C5H9N.C4HCl3N2/c17-11-7-18-16(20-14-9-5-10(14)6-9)21-15(11)22-8-19-12-3-1-2-4-13(12)22;12-7-5-14-11(13)16-10(7)17-6-15-8-3-1-2-4-9(8)17;1-2-4-7-6(3-1)8-5-9-7;6-5-3-1-4(5)2-3;5-2-1-8-4(7)9-3(2)6/h1-4,7-10,14H,5-6H2,(H,18,20,21);1-6H;1-5H,(H,8,9);3-5H,1-2,6H2;1H. The second-order valence-electron chi connectivity index (χ2n) is 15.3. The molecule has 0 saturated heterocycles. The molecule has 20 heteroatoms. The average Bonchev–Trinajstić information content (AvgIpc) is 4.01. The first-order valence-electron chi connectivity index (χ1n) is 19.9. The highest BCUT2D eigenvalue weighted by Crippen LogP contribution is 2.54. The molecule has 0 amide bonds. The molecule has 4 bridgehead atoms. The van der Waals surface area contributed by atoms with Crippen LogP contribution >= 0.6 is 69.6 Å². The number of aromatic amines is 1. The summed E-state index contributed by atoms with van der Waals surface area (Å²) in [6.45, 7) is 0. The Balaban J connectivity index is 0.000000108. The number of nitrogens with zero attached hydrogens (tertiary/aromatic N) is 11. The molecule has 6 fully saturated rings. The maximum Gasteiger partial charge on any atom is 0.224 e. The second-order valence-corrected chi connectivity index (χ2v) is 17.6. The van der Waals surface area contributed by atoms with Crippen molar-refractivity contribution in [3.8, 4) is 11.6 Å². The van der Waals surface area contributed by atoms with Gasteiger partial charge in [0.25, 0.3) is 0 Å². The highest BCUT2D eigenvalue weighted by molar-refractivity contribution is 6.41. The van der Waals surface area contributed by atoms with Gasteiger partial charge >= 0.3 is 0 Å². The summed E-state index contributed by atoms with van der Waals surface area (Å²) in [7, 11) is 0. The van der Waals surface area contributed by atoms with Gasteiger partial charge in [0, 0.05) is 12.1 Å². The van der Waals surface area contributed by atoms with Crippen molar-refractivity contribution in [2.45, 2.75) is 37.8 Å². The number of halogens is 6. The Labute approximate surface area is 390 Å². The molecular formula is C43H36Cl6N14. The zero-order chi connectivity index (χ0) is 43.6. The van der Waals surface area contributed by atoms with Gasteiger partial charge in [-0.3, -0.25) is 9.13 Å². The Kier molecular flexibility index (Phi) is 12.9. The number of H-pyrrole nitrogens is 1.